The molecule has 0 fully saturated rings. The van der Waals surface area contributed by atoms with E-state index in [4.69, 9.17) is 17.0 Å². The maximum absolute atomic E-state index is 12.5. The van der Waals surface area contributed by atoms with Gasteiger partial charge in [0.1, 0.15) is 10.7 Å². The summed E-state index contributed by atoms with van der Waals surface area (Å²) in [6, 6.07) is 15.9. The summed E-state index contributed by atoms with van der Waals surface area (Å²) in [5.41, 5.74) is 2.50. The molecule has 1 heterocycles. The van der Waals surface area contributed by atoms with Gasteiger partial charge in [0.05, 0.1) is 17.7 Å². The summed E-state index contributed by atoms with van der Waals surface area (Å²) >= 11 is 5.30. The lowest BCUT2D eigenvalue weighted by atomic mass is 9.93. The Balaban J connectivity index is 2.37. The van der Waals surface area contributed by atoms with Crippen molar-refractivity contribution in [2.24, 2.45) is 0 Å². The van der Waals surface area contributed by atoms with E-state index in [2.05, 4.69) is 11.1 Å². The van der Waals surface area contributed by atoms with E-state index in [9.17, 15) is 10.1 Å². The van der Waals surface area contributed by atoms with Crippen LogP contribution in [-0.2, 0) is 4.74 Å². The van der Waals surface area contributed by atoms with Gasteiger partial charge in [-0.2, -0.15) is 5.26 Å². The van der Waals surface area contributed by atoms with Crippen molar-refractivity contribution in [3.05, 3.63) is 63.9 Å². The van der Waals surface area contributed by atoms with Crippen LogP contribution in [0.4, 0.5) is 0 Å². The first-order valence-corrected chi connectivity index (χ1v) is 8.31. The van der Waals surface area contributed by atoms with Crippen LogP contribution in [-0.4, -0.2) is 17.6 Å². The number of benzene rings is 2. The van der Waals surface area contributed by atoms with Crippen molar-refractivity contribution in [2.45, 2.75) is 13.8 Å². The molecule has 0 amide bonds. The van der Waals surface area contributed by atoms with Crippen LogP contribution < -0.4 is 0 Å². The molecule has 1 N–H and O–H groups in total. The molecule has 0 bridgehead atoms. The number of pyridine rings is 1. The Hall–Kier alpha value is -2.97. The number of aryl methyl sites for hydroxylation is 1. The first-order chi connectivity index (χ1) is 12.1. The van der Waals surface area contributed by atoms with Crippen LogP contribution in [0, 0.1) is 22.9 Å². The number of nitrogens with zero attached hydrogens (tertiary/aromatic N) is 1. The number of H-pyrrole nitrogens is 1. The van der Waals surface area contributed by atoms with Gasteiger partial charge in [-0.1, -0.05) is 48.6 Å². The number of rotatable bonds is 3. The van der Waals surface area contributed by atoms with Crippen LogP contribution in [0.1, 0.15) is 28.5 Å². The van der Waals surface area contributed by atoms with Crippen molar-refractivity contribution in [3.8, 4) is 17.2 Å². The van der Waals surface area contributed by atoms with Gasteiger partial charge in [-0.15, -0.1) is 0 Å². The fourth-order valence-electron chi connectivity index (χ4n) is 2.92. The van der Waals surface area contributed by atoms with E-state index in [1.54, 1.807) is 13.8 Å². The SMILES string of the molecule is CCOC(=O)c1c(C)[nH]c(=S)c(C#N)c1-c1ccc2ccccc2c1. The number of fused-ring (bicyclic) bond motifs is 1. The first-order valence-electron chi connectivity index (χ1n) is 7.90. The minimum atomic E-state index is -0.467. The number of carbonyl (C=O) groups excluding carboxylic acids is 1. The molecule has 0 saturated heterocycles. The molecular weight excluding hydrogens is 332 g/mol. The van der Waals surface area contributed by atoms with Crippen LogP contribution in [0.2, 0.25) is 0 Å². The zero-order valence-electron chi connectivity index (χ0n) is 13.9. The molecular formula is C20H16N2O2S. The number of nitrogens with one attached hydrogen (secondary N) is 1. The molecule has 3 aromatic rings. The Kier molecular flexibility index (Phi) is 4.64. The highest BCUT2D eigenvalue weighted by Crippen LogP contribution is 2.32. The number of carbonyl (C=O) groups is 1. The summed E-state index contributed by atoms with van der Waals surface area (Å²) in [4.78, 5) is 15.5. The Morgan fingerprint density at radius 1 is 1.24 bits per heavy atom. The fraction of sp³-hybridized carbons (Fsp3) is 0.150. The Bertz CT molecular complexity index is 1080. The maximum atomic E-state index is 12.5. The lowest BCUT2D eigenvalue weighted by Crippen LogP contribution is -2.12. The number of hydrogen-bond donors (Lipinski definition) is 1. The standard InChI is InChI=1S/C20H16N2O2S/c1-3-24-20(23)17-12(2)22-19(25)16(11-21)18(17)15-9-8-13-6-4-5-7-14(13)10-15/h4-10H,3H2,1-2H3,(H,22,25). The van der Waals surface area contributed by atoms with Crippen molar-refractivity contribution < 1.29 is 9.53 Å². The van der Waals surface area contributed by atoms with Gasteiger partial charge in [0.15, 0.2) is 0 Å². The van der Waals surface area contributed by atoms with Gasteiger partial charge in [-0.25, -0.2) is 4.79 Å². The summed E-state index contributed by atoms with van der Waals surface area (Å²) in [7, 11) is 0. The highest BCUT2D eigenvalue weighted by Gasteiger charge is 2.22. The van der Waals surface area contributed by atoms with Crippen LogP contribution in [0.25, 0.3) is 21.9 Å². The number of nitriles is 1. The predicted octanol–water partition coefficient (Wildman–Crippen LogP) is 4.92. The van der Waals surface area contributed by atoms with E-state index in [0.717, 1.165) is 16.3 Å². The van der Waals surface area contributed by atoms with E-state index in [0.29, 0.717) is 21.5 Å². The smallest absolute Gasteiger partial charge is 0.340 e. The summed E-state index contributed by atoms with van der Waals surface area (Å²) < 4.78 is 5.51. The van der Waals surface area contributed by atoms with Crippen molar-refractivity contribution >= 4 is 29.0 Å². The summed E-state index contributed by atoms with van der Waals surface area (Å²) in [5, 5.41) is 11.7. The number of esters is 1. The van der Waals surface area contributed by atoms with Gasteiger partial charge < -0.3 is 9.72 Å². The van der Waals surface area contributed by atoms with Gasteiger partial charge in [0, 0.05) is 11.3 Å². The zero-order chi connectivity index (χ0) is 18.0. The van der Waals surface area contributed by atoms with E-state index in [-0.39, 0.29) is 12.2 Å². The molecule has 0 aliphatic rings. The quantitative estimate of drug-likeness (QED) is 0.539. The molecule has 0 radical (unpaired) electrons. The molecule has 4 nitrogen and oxygen atoms in total. The molecule has 124 valence electrons. The van der Waals surface area contributed by atoms with Crippen molar-refractivity contribution in [1.82, 2.24) is 4.98 Å². The average Bonchev–Trinajstić information content (AvgIpc) is 2.60. The second-order valence-electron chi connectivity index (χ2n) is 5.60. The molecule has 2 aromatic carbocycles. The number of hydrogen-bond acceptors (Lipinski definition) is 4. The second kappa shape index (κ2) is 6.88. The minimum Gasteiger partial charge on any atom is -0.462 e. The van der Waals surface area contributed by atoms with E-state index < -0.39 is 5.97 Å². The molecule has 0 saturated carbocycles. The third-order valence-corrected chi connectivity index (χ3v) is 4.34. The lowest BCUT2D eigenvalue weighted by Gasteiger charge is -2.14. The van der Waals surface area contributed by atoms with Crippen molar-refractivity contribution in [2.75, 3.05) is 6.61 Å². The molecule has 25 heavy (non-hydrogen) atoms. The third kappa shape index (κ3) is 3.04. The highest BCUT2D eigenvalue weighted by atomic mass is 32.1. The highest BCUT2D eigenvalue weighted by molar-refractivity contribution is 7.71. The number of aromatic amines is 1. The average molecular weight is 348 g/mol. The molecule has 1 aromatic heterocycles. The van der Waals surface area contributed by atoms with Crippen LogP contribution in [0.15, 0.2) is 42.5 Å². The summed E-state index contributed by atoms with van der Waals surface area (Å²) in [6.45, 7) is 3.76. The minimum absolute atomic E-state index is 0.257. The summed E-state index contributed by atoms with van der Waals surface area (Å²) in [5.74, 6) is -0.467. The third-order valence-electron chi connectivity index (χ3n) is 4.03. The van der Waals surface area contributed by atoms with Gasteiger partial charge in [0.25, 0.3) is 0 Å². The maximum Gasteiger partial charge on any atom is 0.340 e. The van der Waals surface area contributed by atoms with Gasteiger partial charge >= 0.3 is 5.97 Å². The van der Waals surface area contributed by atoms with Crippen LogP contribution in [0.3, 0.4) is 0 Å². The van der Waals surface area contributed by atoms with Crippen LogP contribution in [0.5, 0.6) is 0 Å². The zero-order valence-corrected chi connectivity index (χ0v) is 14.7. The van der Waals surface area contributed by atoms with Crippen LogP contribution >= 0.6 is 12.2 Å². The van der Waals surface area contributed by atoms with E-state index in [1.807, 2.05) is 42.5 Å². The van der Waals surface area contributed by atoms with Gasteiger partial charge in [0.2, 0.25) is 0 Å². The first kappa shape index (κ1) is 16.9. The molecule has 0 aliphatic carbocycles. The molecule has 0 unspecified atom stereocenters. The monoisotopic (exact) mass is 348 g/mol. The van der Waals surface area contributed by atoms with E-state index >= 15 is 0 Å². The molecule has 5 heteroatoms. The lowest BCUT2D eigenvalue weighted by molar-refractivity contribution is 0.0526. The number of aromatic nitrogens is 1. The Morgan fingerprint density at radius 2 is 1.96 bits per heavy atom. The molecule has 3 rings (SSSR count). The normalized spacial score (nSPS) is 10.4. The van der Waals surface area contributed by atoms with Gasteiger partial charge in [-0.05, 0) is 36.2 Å². The second-order valence-corrected chi connectivity index (χ2v) is 6.01. The van der Waals surface area contributed by atoms with E-state index in [1.165, 1.54) is 0 Å². The van der Waals surface area contributed by atoms with Gasteiger partial charge in [-0.3, -0.25) is 0 Å². The largest absolute Gasteiger partial charge is 0.462 e. The molecule has 0 spiro atoms. The number of ether oxygens (including phenoxy) is 1. The predicted molar refractivity (Wildman–Crippen MR) is 100.0 cm³/mol. The summed E-state index contributed by atoms with van der Waals surface area (Å²) in [6.07, 6.45) is 0. The Morgan fingerprint density at radius 3 is 2.64 bits per heavy atom. The molecule has 0 aliphatic heterocycles. The Labute approximate surface area is 150 Å². The fourth-order valence-corrected chi connectivity index (χ4v) is 3.22. The topological polar surface area (TPSA) is 65.9 Å². The molecule has 0 atom stereocenters. The van der Waals surface area contributed by atoms with Crippen molar-refractivity contribution in [3.63, 3.8) is 0 Å². The van der Waals surface area contributed by atoms with Crippen molar-refractivity contribution in [1.29, 1.82) is 5.26 Å².